The molecule has 1 aliphatic rings. The minimum Gasteiger partial charge on any atom is -0.223 e. The maximum atomic E-state index is 2.54. The quantitative estimate of drug-likeness (QED) is 0.213. The molecular weight excluding hydrogens is 376 g/mol. The van der Waals surface area contributed by atoms with E-state index in [0.717, 1.165) is 0 Å². The zero-order valence-corrected chi connectivity index (χ0v) is 19.2. The monoisotopic (exact) mass is 405 g/mol. The zero-order chi connectivity index (χ0) is 21.7. The van der Waals surface area contributed by atoms with Gasteiger partial charge in [-0.1, -0.05) is 62.4 Å². The fourth-order valence-corrected chi connectivity index (χ4v) is 5.55. The minimum absolute atomic E-state index is 0.00655. The number of hydrogen-bond acceptors (Lipinski definition) is 0. The Bertz CT molecular complexity index is 1530. The van der Waals surface area contributed by atoms with Crippen LogP contribution in [0.2, 0.25) is 0 Å². The molecule has 3 heterocycles. The highest BCUT2D eigenvalue weighted by molar-refractivity contribution is 6.13. The van der Waals surface area contributed by atoms with Crippen molar-refractivity contribution in [1.29, 1.82) is 0 Å². The molecule has 0 radical (unpaired) electrons. The standard InChI is InChI=1S/C29H29N2/c1-18-15-22-21-13-10-14-23-26(21)27-30(29(5,6)28(23,3)4)17-25(20-11-8-7-9-12-20)31(27)24(22)16-19(18)2/h7-17H,1-6H3/q+1. The summed E-state index contributed by atoms with van der Waals surface area (Å²) in [5, 5.41) is 4.09. The molecule has 0 atom stereocenters. The molecule has 0 N–H and O–H groups in total. The lowest BCUT2D eigenvalue weighted by Gasteiger charge is -2.42. The number of fused-ring (bicyclic) bond motifs is 3. The van der Waals surface area contributed by atoms with Crippen LogP contribution in [0.15, 0.2) is 66.9 Å². The number of imidazole rings is 1. The van der Waals surface area contributed by atoms with Crippen LogP contribution in [-0.4, -0.2) is 4.40 Å². The molecule has 0 aliphatic carbocycles. The molecule has 0 saturated carbocycles. The van der Waals surface area contributed by atoms with E-state index in [-0.39, 0.29) is 11.0 Å². The molecule has 0 fully saturated rings. The summed E-state index contributed by atoms with van der Waals surface area (Å²) in [5.41, 5.74) is 9.15. The largest absolute Gasteiger partial charge is 0.296 e. The van der Waals surface area contributed by atoms with Gasteiger partial charge in [-0.15, -0.1) is 0 Å². The number of nitrogens with zero attached hydrogens (tertiary/aromatic N) is 2. The summed E-state index contributed by atoms with van der Waals surface area (Å²) in [5.74, 6) is 0. The normalized spacial score (nSPS) is 16.6. The summed E-state index contributed by atoms with van der Waals surface area (Å²) in [6.07, 6.45) is 2.39. The van der Waals surface area contributed by atoms with Gasteiger partial charge in [-0.3, -0.25) is 0 Å². The van der Waals surface area contributed by atoms with Crippen LogP contribution in [-0.2, 0) is 11.0 Å². The molecule has 5 aromatic rings. The van der Waals surface area contributed by atoms with E-state index < -0.39 is 0 Å². The Balaban J connectivity index is 1.98. The van der Waals surface area contributed by atoms with E-state index in [4.69, 9.17) is 0 Å². The van der Waals surface area contributed by atoms with Gasteiger partial charge in [-0.05, 0) is 56.5 Å². The van der Waals surface area contributed by atoms with E-state index in [1.165, 1.54) is 55.3 Å². The van der Waals surface area contributed by atoms with Crippen LogP contribution in [0.1, 0.15) is 44.4 Å². The highest BCUT2D eigenvalue weighted by Gasteiger charge is 2.50. The molecule has 0 bridgehead atoms. The fraction of sp³-hybridized carbons (Fsp3) is 0.276. The summed E-state index contributed by atoms with van der Waals surface area (Å²) in [7, 11) is 0. The third kappa shape index (κ3) is 2.15. The van der Waals surface area contributed by atoms with E-state index in [0.29, 0.717) is 0 Å². The Morgan fingerprint density at radius 2 is 1.48 bits per heavy atom. The Labute approximate surface area is 183 Å². The van der Waals surface area contributed by atoms with Gasteiger partial charge in [-0.25, -0.2) is 4.57 Å². The summed E-state index contributed by atoms with van der Waals surface area (Å²) in [4.78, 5) is 0. The van der Waals surface area contributed by atoms with Crippen molar-refractivity contribution in [3.8, 4) is 11.3 Å². The van der Waals surface area contributed by atoms with Gasteiger partial charge in [0.2, 0.25) is 0 Å². The van der Waals surface area contributed by atoms with E-state index in [9.17, 15) is 0 Å². The van der Waals surface area contributed by atoms with Crippen molar-refractivity contribution in [1.82, 2.24) is 4.40 Å². The van der Waals surface area contributed by atoms with Crippen molar-refractivity contribution in [2.45, 2.75) is 52.5 Å². The second kappa shape index (κ2) is 5.76. The minimum atomic E-state index is -0.0695. The zero-order valence-electron chi connectivity index (χ0n) is 19.2. The fourth-order valence-electron chi connectivity index (χ4n) is 5.55. The van der Waals surface area contributed by atoms with Gasteiger partial charge >= 0.3 is 0 Å². The predicted molar refractivity (Wildman–Crippen MR) is 130 cm³/mol. The van der Waals surface area contributed by atoms with E-state index in [1.807, 2.05) is 0 Å². The van der Waals surface area contributed by atoms with Gasteiger partial charge in [-0.2, -0.15) is 4.40 Å². The van der Waals surface area contributed by atoms with Crippen LogP contribution in [0.3, 0.4) is 0 Å². The molecule has 0 spiro atoms. The summed E-state index contributed by atoms with van der Waals surface area (Å²) in [6.45, 7) is 14.0. The highest BCUT2D eigenvalue weighted by Crippen LogP contribution is 2.47. The number of pyridine rings is 1. The Hall–Kier alpha value is -3.13. The van der Waals surface area contributed by atoms with Crippen molar-refractivity contribution >= 4 is 27.3 Å². The first-order valence-corrected chi connectivity index (χ1v) is 11.2. The number of hydrogen-bond donors (Lipinski definition) is 0. The van der Waals surface area contributed by atoms with Gasteiger partial charge in [0.05, 0.1) is 5.39 Å². The molecule has 154 valence electrons. The van der Waals surface area contributed by atoms with Gasteiger partial charge in [0, 0.05) is 21.8 Å². The van der Waals surface area contributed by atoms with Crippen LogP contribution in [0, 0.1) is 13.8 Å². The molecular formula is C29H29N2+. The first-order valence-electron chi connectivity index (χ1n) is 11.2. The topological polar surface area (TPSA) is 8.29 Å². The first kappa shape index (κ1) is 18.6. The van der Waals surface area contributed by atoms with Crippen LogP contribution >= 0.6 is 0 Å². The van der Waals surface area contributed by atoms with Crippen LogP contribution in [0.5, 0.6) is 0 Å². The molecule has 0 saturated heterocycles. The summed E-state index contributed by atoms with van der Waals surface area (Å²) < 4.78 is 5.05. The SMILES string of the molecule is Cc1cc2c3cccc4c3c3n(c(-c5ccccc5)c[n+]3C(C)(C)C4(C)C)c2cc1C. The van der Waals surface area contributed by atoms with Crippen molar-refractivity contribution in [2.75, 3.05) is 0 Å². The van der Waals surface area contributed by atoms with Crippen molar-refractivity contribution in [3.05, 3.63) is 83.6 Å². The molecule has 0 unspecified atom stereocenters. The average molecular weight is 406 g/mol. The van der Waals surface area contributed by atoms with Crippen LogP contribution < -0.4 is 4.57 Å². The summed E-state index contributed by atoms with van der Waals surface area (Å²) >= 11 is 0. The second-order valence-corrected chi connectivity index (χ2v) is 10.3. The average Bonchev–Trinajstić information content (AvgIpc) is 3.16. The highest BCUT2D eigenvalue weighted by atomic mass is 15.2. The van der Waals surface area contributed by atoms with Crippen LogP contribution in [0.25, 0.3) is 38.6 Å². The second-order valence-electron chi connectivity index (χ2n) is 10.3. The third-order valence-electron chi connectivity index (χ3n) is 8.24. The maximum absolute atomic E-state index is 2.54. The van der Waals surface area contributed by atoms with Crippen molar-refractivity contribution < 1.29 is 4.57 Å². The smallest absolute Gasteiger partial charge is 0.223 e. The molecule has 6 rings (SSSR count). The van der Waals surface area contributed by atoms with Crippen LogP contribution in [0.4, 0.5) is 0 Å². The maximum Gasteiger partial charge on any atom is 0.296 e. The van der Waals surface area contributed by atoms with Gasteiger partial charge in [0.1, 0.15) is 17.3 Å². The number of benzene rings is 3. The lowest BCUT2D eigenvalue weighted by Crippen LogP contribution is -2.63. The Kier molecular flexibility index (Phi) is 3.46. The number of rotatable bonds is 1. The first-order chi connectivity index (χ1) is 14.7. The van der Waals surface area contributed by atoms with E-state index >= 15 is 0 Å². The molecule has 2 nitrogen and oxygen atoms in total. The summed E-state index contributed by atoms with van der Waals surface area (Å²) in [6, 6.07) is 22.5. The molecule has 0 amide bonds. The lowest BCUT2D eigenvalue weighted by atomic mass is 9.66. The third-order valence-corrected chi connectivity index (χ3v) is 8.24. The van der Waals surface area contributed by atoms with Crippen molar-refractivity contribution in [3.63, 3.8) is 0 Å². The van der Waals surface area contributed by atoms with E-state index in [2.05, 4.69) is 117 Å². The molecule has 31 heavy (non-hydrogen) atoms. The molecule has 2 aromatic heterocycles. The molecule has 3 aromatic carbocycles. The van der Waals surface area contributed by atoms with E-state index in [1.54, 1.807) is 0 Å². The van der Waals surface area contributed by atoms with Gasteiger partial charge in [0.15, 0.2) is 5.69 Å². The van der Waals surface area contributed by atoms with Gasteiger partial charge < -0.3 is 0 Å². The number of aromatic nitrogens is 2. The Morgan fingerprint density at radius 1 is 0.774 bits per heavy atom. The number of aryl methyl sites for hydroxylation is 2. The predicted octanol–water partition coefficient (Wildman–Crippen LogP) is 6.84. The molecule has 1 aliphatic heterocycles. The lowest BCUT2D eigenvalue weighted by molar-refractivity contribution is -0.744. The molecule has 2 heteroatoms. The van der Waals surface area contributed by atoms with Crippen molar-refractivity contribution in [2.24, 2.45) is 0 Å². The Morgan fingerprint density at radius 3 is 2.23 bits per heavy atom. The van der Waals surface area contributed by atoms with Gasteiger partial charge in [0.25, 0.3) is 5.65 Å².